The molecular formula is C16H24ClN3O. The number of aryl methyl sites for hydroxylation is 1. The van der Waals surface area contributed by atoms with Crippen molar-refractivity contribution in [2.75, 3.05) is 32.7 Å². The van der Waals surface area contributed by atoms with Crippen LogP contribution in [0.3, 0.4) is 0 Å². The van der Waals surface area contributed by atoms with Gasteiger partial charge in [-0.05, 0) is 37.8 Å². The van der Waals surface area contributed by atoms with E-state index in [1.165, 1.54) is 25.8 Å². The molecule has 2 fully saturated rings. The van der Waals surface area contributed by atoms with Gasteiger partial charge in [0, 0.05) is 39.4 Å². The maximum atomic E-state index is 12.6. The topological polar surface area (TPSA) is 28.5 Å². The Morgan fingerprint density at radius 1 is 1.24 bits per heavy atom. The first-order valence-corrected chi connectivity index (χ1v) is 8.35. The van der Waals surface area contributed by atoms with E-state index in [1.807, 2.05) is 16.5 Å². The molecule has 1 amide bonds. The summed E-state index contributed by atoms with van der Waals surface area (Å²) < 4.78 is 1.82. The molecule has 2 heterocycles. The van der Waals surface area contributed by atoms with E-state index in [0.717, 1.165) is 38.5 Å². The van der Waals surface area contributed by atoms with Gasteiger partial charge in [-0.25, -0.2) is 0 Å². The van der Waals surface area contributed by atoms with Crippen molar-refractivity contribution in [1.82, 2.24) is 14.4 Å². The van der Waals surface area contributed by atoms with Gasteiger partial charge in [0.1, 0.15) is 5.69 Å². The first-order chi connectivity index (χ1) is 10.1. The quantitative estimate of drug-likeness (QED) is 0.859. The van der Waals surface area contributed by atoms with Gasteiger partial charge in [-0.15, -0.1) is 0 Å². The van der Waals surface area contributed by atoms with Crippen molar-refractivity contribution in [2.45, 2.75) is 25.7 Å². The third-order valence-electron chi connectivity index (χ3n) is 4.81. The lowest BCUT2D eigenvalue weighted by molar-refractivity contribution is 0.0749. The average Bonchev–Trinajstić information content (AvgIpc) is 2.62. The summed E-state index contributed by atoms with van der Waals surface area (Å²) in [7, 11) is 1.87. The summed E-state index contributed by atoms with van der Waals surface area (Å²) in [5.41, 5.74) is 0.687. The van der Waals surface area contributed by atoms with Gasteiger partial charge in [-0.2, -0.15) is 0 Å². The first-order valence-electron chi connectivity index (χ1n) is 7.97. The van der Waals surface area contributed by atoms with E-state index in [9.17, 15) is 4.79 Å². The molecule has 5 heteroatoms. The number of amides is 1. The standard InChI is InChI=1S/C16H24ClN3O/c1-18-12-14(17)10-15(18)16(21)20-7-3-6-19(8-9-20)11-13-4-2-5-13/h10,12-13H,2-9,11H2,1H3. The molecule has 0 N–H and O–H groups in total. The molecule has 0 radical (unpaired) electrons. The molecule has 2 aliphatic rings. The van der Waals surface area contributed by atoms with Crippen molar-refractivity contribution < 1.29 is 4.79 Å². The summed E-state index contributed by atoms with van der Waals surface area (Å²) in [6.45, 7) is 5.02. The van der Waals surface area contributed by atoms with E-state index in [-0.39, 0.29) is 5.91 Å². The van der Waals surface area contributed by atoms with Gasteiger partial charge in [-0.1, -0.05) is 18.0 Å². The van der Waals surface area contributed by atoms with Crippen LogP contribution in [0.2, 0.25) is 5.02 Å². The zero-order valence-electron chi connectivity index (χ0n) is 12.7. The summed E-state index contributed by atoms with van der Waals surface area (Å²) in [4.78, 5) is 17.1. The first kappa shape index (κ1) is 14.9. The highest BCUT2D eigenvalue weighted by Crippen LogP contribution is 2.27. The lowest BCUT2D eigenvalue weighted by Crippen LogP contribution is -2.38. The number of hydrogen-bond donors (Lipinski definition) is 0. The minimum absolute atomic E-state index is 0.106. The minimum Gasteiger partial charge on any atom is -0.345 e. The van der Waals surface area contributed by atoms with Crippen LogP contribution in [0.5, 0.6) is 0 Å². The molecule has 3 rings (SSSR count). The lowest BCUT2D eigenvalue weighted by Gasteiger charge is -2.31. The average molecular weight is 310 g/mol. The lowest BCUT2D eigenvalue weighted by atomic mass is 9.85. The summed E-state index contributed by atoms with van der Waals surface area (Å²) >= 11 is 5.98. The number of carbonyl (C=O) groups excluding carboxylic acids is 1. The Hall–Kier alpha value is -1.00. The van der Waals surface area contributed by atoms with Crippen LogP contribution in [0.4, 0.5) is 0 Å². The van der Waals surface area contributed by atoms with Crippen molar-refractivity contribution >= 4 is 17.5 Å². The highest BCUT2D eigenvalue weighted by molar-refractivity contribution is 6.31. The van der Waals surface area contributed by atoms with E-state index in [4.69, 9.17) is 11.6 Å². The number of hydrogen-bond acceptors (Lipinski definition) is 2. The molecule has 0 aromatic carbocycles. The Balaban J connectivity index is 1.58. The second-order valence-corrected chi connectivity index (χ2v) is 6.83. The molecule has 0 unspecified atom stereocenters. The number of nitrogens with zero attached hydrogens (tertiary/aromatic N) is 3. The molecule has 1 aliphatic carbocycles. The van der Waals surface area contributed by atoms with Gasteiger partial charge in [0.15, 0.2) is 0 Å². The van der Waals surface area contributed by atoms with E-state index in [2.05, 4.69) is 4.90 Å². The molecule has 1 saturated carbocycles. The Morgan fingerprint density at radius 3 is 2.67 bits per heavy atom. The third kappa shape index (κ3) is 3.43. The zero-order valence-corrected chi connectivity index (χ0v) is 13.5. The fourth-order valence-corrected chi connectivity index (χ4v) is 3.55. The van der Waals surface area contributed by atoms with Gasteiger partial charge >= 0.3 is 0 Å². The van der Waals surface area contributed by atoms with Crippen molar-refractivity contribution in [3.05, 3.63) is 23.0 Å². The van der Waals surface area contributed by atoms with Crippen LogP contribution in [0.25, 0.3) is 0 Å². The van der Waals surface area contributed by atoms with Crippen LogP contribution in [0, 0.1) is 5.92 Å². The SMILES string of the molecule is Cn1cc(Cl)cc1C(=O)N1CCCN(CC2CCC2)CC1. The maximum Gasteiger partial charge on any atom is 0.270 e. The zero-order chi connectivity index (χ0) is 14.8. The second kappa shape index (κ2) is 6.41. The van der Waals surface area contributed by atoms with Gasteiger partial charge in [-0.3, -0.25) is 4.79 Å². The van der Waals surface area contributed by atoms with Crippen LogP contribution < -0.4 is 0 Å². The van der Waals surface area contributed by atoms with Crippen LogP contribution in [0.1, 0.15) is 36.2 Å². The van der Waals surface area contributed by atoms with Crippen LogP contribution in [-0.2, 0) is 7.05 Å². The van der Waals surface area contributed by atoms with Crippen LogP contribution >= 0.6 is 11.6 Å². The van der Waals surface area contributed by atoms with Crippen LogP contribution in [0.15, 0.2) is 12.3 Å². The molecule has 1 aliphatic heterocycles. The van der Waals surface area contributed by atoms with Gasteiger partial charge in [0.2, 0.25) is 0 Å². The van der Waals surface area contributed by atoms with E-state index >= 15 is 0 Å². The van der Waals surface area contributed by atoms with E-state index < -0.39 is 0 Å². The summed E-state index contributed by atoms with van der Waals surface area (Å²) in [5, 5.41) is 0.627. The monoisotopic (exact) mass is 309 g/mol. The molecule has 0 atom stereocenters. The third-order valence-corrected chi connectivity index (χ3v) is 5.01. The molecule has 1 aromatic rings. The molecule has 1 aromatic heterocycles. The summed E-state index contributed by atoms with van der Waals surface area (Å²) in [6.07, 6.45) is 7.03. The predicted molar refractivity (Wildman–Crippen MR) is 84.7 cm³/mol. The summed E-state index contributed by atoms with van der Waals surface area (Å²) in [5.74, 6) is 1.01. The molecule has 21 heavy (non-hydrogen) atoms. The maximum absolute atomic E-state index is 12.6. The molecule has 0 bridgehead atoms. The van der Waals surface area contributed by atoms with Gasteiger partial charge in [0.25, 0.3) is 5.91 Å². The molecule has 1 saturated heterocycles. The number of aromatic nitrogens is 1. The van der Waals surface area contributed by atoms with Crippen molar-refractivity contribution in [3.8, 4) is 0 Å². The smallest absolute Gasteiger partial charge is 0.270 e. The highest BCUT2D eigenvalue weighted by Gasteiger charge is 2.25. The van der Waals surface area contributed by atoms with Crippen molar-refractivity contribution in [1.29, 1.82) is 0 Å². The Morgan fingerprint density at radius 2 is 2.05 bits per heavy atom. The number of rotatable bonds is 3. The molecule has 116 valence electrons. The van der Waals surface area contributed by atoms with E-state index in [0.29, 0.717) is 10.7 Å². The van der Waals surface area contributed by atoms with Crippen molar-refractivity contribution in [2.24, 2.45) is 13.0 Å². The Labute approximate surface area is 131 Å². The van der Waals surface area contributed by atoms with E-state index in [1.54, 1.807) is 12.3 Å². The minimum atomic E-state index is 0.106. The van der Waals surface area contributed by atoms with Crippen LogP contribution in [-0.4, -0.2) is 53.0 Å². The highest BCUT2D eigenvalue weighted by atomic mass is 35.5. The fraction of sp³-hybridized carbons (Fsp3) is 0.688. The normalized spacial score (nSPS) is 21.1. The Bertz CT molecular complexity index is 510. The number of carbonyl (C=O) groups is 1. The van der Waals surface area contributed by atoms with Crippen molar-refractivity contribution in [3.63, 3.8) is 0 Å². The van der Waals surface area contributed by atoms with Gasteiger partial charge in [0.05, 0.1) is 5.02 Å². The Kier molecular flexibility index (Phi) is 4.55. The molecule has 4 nitrogen and oxygen atoms in total. The summed E-state index contributed by atoms with van der Waals surface area (Å²) in [6, 6.07) is 1.76. The second-order valence-electron chi connectivity index (χ2n) is 6.40. The predicted octanol–water partition coefficient (Wildman–Crippen LogP) is 2.63. The fourth-order valence-electron chi connectivity index (χ4n) is 3.30. The largest absolute Gasteiger partial charge is 0.345 e. The number of halogens is 1. The molecular weight excluding hydrogens is 286 g/mol. The van der Waals surface area contributed by atoms with Gasteiger partial charge < -0.3 is 14.4 Å². The molecule has 0 spiro atoms.